The summed E-state index contributed by atoms with van der Waals surface area (Å²) in [5.74, 6) is -0.900. The van der Waals surface area contributed by atoms with Crippen molar-refractivity contribution in [2.24, 2.45) is 0 Å². The molecule has 2 aromatic carbocycles. The summed E-state index contributed by atoms with van der Waals surface area (Å²) in [7, 11) is 0. The lowest BCUT2D eigenvalue weighted by Gasteiger charge is -2.22. The van der Waals surface area contributed by atoms with Gasteiger partial charge in [-0.05, 0) is 31.5 Å². The van der Waals surface area contributed by atoms with Gasteiger partial charge in [-0.2, -0.15) is 0 Å². The largest absolute Gasteiger partial charge is 0.375 e. The molecule has 1 heterocycles. The fourth-order valence-electron chi connectivity index (χ4n) is 3.18. The number of fused-ring (bicyclic) bond motifs is 1. The van der Waals surface area contributed by atoms with Crippen molar-refractivity contribution >= 4 is 40.6 Å². The van der Waals surface area contributed by atoms with E-state index in [-0.39, 0.29) is 29.3 Å². The van der Waals surface area contributed by atoms with Crippen LogP contribution < -0.4 is 4.90 Å². The lowest BCUT2D eigenvalue weighted by molar-refractivity contribution is -0.141. The van der Waals surface area contributed by atoms with E-state index in [1.807, 2.05) is 31.2 Å². The Morgan fingerprint density at radius 2 is 1.72 bits per heavy atom. The predicted molar refractivity (Wildman–Crippen MR) is 98.0 cm³/mol. The van der Waals surface area contributed by atoms with E-state index in [9.17, 15) is 14.7 Å². The summed E-state index contributed by atoms with van der Waals surface area (Å²) in [5, 5.41) is 11.5. The molecular weight excluding hydrogens is 361 g/mol. The minimum absolute atomic E-state index is 0.203. The van der Waals surface area contributed by atoms with Gasteiger partial charge in [-0.25, -0.2) is 0 Å². The number of ketones is 1. The topological polar surface area (TPSA) is 57.6 Å². The van der Waals surface area contributed by atoms with E-state index in [0.717, 1.165) is 11.1 Å². The molecule has 1 amide bonds. The Bertz CT molecular complexity index is 864. The SMILES string of the molecule is CC(=O)C[C@]1(O)C(=O)N(Cc2ccc(C)cc2)c2c(Cl)ccc(Cl)c21. The van der Waals surface area contributed by atoms with Crippen LogP contribution in [0.4, 0.5) is 5.69 Å². The molecule has 1 aliphatic heterocycles. The first-order valence-corrected chi connectivity index (χ1v) is 8.57. The normalized spacial score (nSPS) is 19.2. The zero-order valence-corrected chi connectivity index (χ0v) is 15.4. The number of aryl methyl sites for hydroxylation is 1. The number of rotatable bonds is 4. The van der Waals surface area contributed by atoms with E-state index in [0.29, 0.717) is 10.7 Å². The summed E-state index contributed by atoms with van der Waals surface area (Å²) >= 11 is 12.6. The molecule has 0 unspecified atom stereocenters. The molecule has 6 heteroatoms. The van der Waals surface area contributed by atoms with Crippen LogP contribution in [0, 0.1) is 6.92 Å². The van der Waals surface area contributed by atoms with Crippen LogP contribution in [0.25, 0.3) is 0 Å². The van der Waals surface area contributed by atoms with Crippen LogP contribution >= 0.6 is 23.2 Å². The molecule has 2 aromatic rings. The maximum Gasteiger partial charge on any atom is 0.264 e. The third-order valence-corrected chi connectivity index (χ3v) is 4.95. The Kier molecular flexibility index (Phi) is 4.62. The number of carbonyl (C=O) groups is 2. The molecule has 0 fully saturated rings. The van der Waals surface area contributed by atoms with Crippen LogP contribution in [-0.4, -0.2) is 16.8 Å². The van der Waals surface area contributed by atoms with Crippen molar-refractivity contribution in [3.05, 3.63) is 63.1 Å². The second-order valence-electron chi connectivity index (χ2n) is 6.37. The average Bonchev–Trinajstić information content (AvgIpc) is 2.75. The van der Waals surface area contributed by atoms with Crippen LogP contribution in [0.2, 0.25) is 10.0 Å². The Morgan fingerprint density at radius 3 is 2.32 bits per heavy atom. The minimum Gasteiger partial charge on any atom is -0.375 e. The predicted octanol–water partition coefficient (Wildman–Crippen LogP) is 4.02. The monoisotopic (exact) mass is 377 g/mol. The molecule has 0 aliphatic carbocycles. The van der Waals surface area contributed by atoms with Gasteiger partial charge >= 0.3 is 0 Å². The third kappa shape index (κ3) is 3.06. The first-order valence-electron chi connectivity index (χ1n) is 7.82. The summed E-state index contributed by atoms with van der Waals surface area (Å²) in [6.45, 7) is 3.53. The van der Waals surface area contributed by atoms with Gasteiger partial charge in [-0.1, -0.05) is 53.0 Å². The van der Waals surface area contributed by atoms with E-state index in [4.69, 9.17) is 23.2 Å². The van der Waals surface area contributed by atoms with Gasteiger partial charge in [0.05, 0.1) is 17.3 Å². The first kappa shape index (κ1) is 17.9. The summed E-state index contributed by atoms with van der Waals surface area (Å²) in [6.07, 6.45) is -0.344. The molecular formula is C19H17Cl2NO3. The molecule has 0 spiro atoms. The number of nitrogens with zero attached hydrogens (tertiary/aromatic N) is 1. The van der Waals surface area contributed by atoms with Crippen molar-refractivity contribution in [2.75, 3.05) is 4.90 Å². The Labute approximate surface area is 156 Å². The van der Waals surface area contributed by atoms with Gasteiger partial charge in [0.1, 0.15) is 5.78 Å². The van der Waals surface area contributed by atoms with E-state index >= 15 is 0 Å². The number of hydrogen-bond acceptors (Lipinski definition) is 3. The quantitative estimate of drug-likeness (QED) is 0.875. The summed E-state index contributed by atoms with van der Waals surface area (Å²) in [6, 6.07) is 10.8. The van der Waals surface area contributed by atoms with Crippen molar-refractivity contribution in [3.63, 3.8) is 0 Å². The van der Waals surface area contributed by atoms with Crippen molar-refractivity contribution in [1.82, 2.24) is 0 Å². The van der Waals surface area contributed by atoms with Crippen LogP contribution in [-0.2, 0) is 21.7 Å². The second-order valence-corrected chi connectivity index (χ2v) is 7.18. The average molecular weight is 378 g/mol. The maximum absolute atomic E-state index is 13.0. The van der Waals surface area contributed by atoms with Gasteiger partial charge in [-0.15, -0.1) is 0 Å². The fraction of sp³-hybridized carbons (Fsp3) is 0.263. The minimum atomic E-state index is -1.99. The van der Waals surface area contributed by atoms with Crippen LogP contribution in [0.5, 0.6) is 0 Å². The number of amides is 1. The maximum atomic E-state index is 13.0. The van der Waals surface area contributed by atoms with Crippen molar-refractivity contribution < 1.29 is 14.7 Å². The van der Waals surface area contributed by atoms with E-state index in [1.54, 1.807) is 6.07 Å². The molecule has 0 aromatic heterocycles. The van der Waals surface area contributed by atoms with Crippen LogP contribution in [0.15, 0.2) is 36.4 Å². The lowest BCUT2D eigenvalue weighted by Crippen LogP contribution is -2.41. The Hall–Kier alpha value is -1.88. The fourth-order valence-corrected chi connectivity index (χ4v) is 3.75. The number of hydrogen-bond donors (Lipinski definition) is 1. The van der Waals surface area contributed by atoms with Gasteiger partial charge in [0.2, 0.25) is 0 Å². The van der Waals surface area contributed by atoms with E-state index in [2.05, 4.69) is 0 Å². The molecule has 1 N–H and O–H groups in total. The van der Waals surface area contributed by atoms with Crippen LogP contribution in [0.1, 0.15) is 30.0 Å². The Balaban J connectivity index is 2.12. The molecule has 25 heavy (non-hydrogen) atoms. The molecule has 0 saturated heterocycles. The van der Waals surface area contributed by atoms with Gasteiger partial charge in [0.25, 0.3) is 5.91 Å². The van der Waals surface area contributed by atoms with E-state index < -0.39 is 11.5 Å². The van der Waals surface area contributed by atoms with Crippen molar-refractivity contribution in [3.8, 4) is 0 Å². The summed E-state index contributed by atoms with van der Waals surface area (Å²) in [5.41, 5.74) is 0.560. The summed E-state index contributed by atoms with van der Waals surface area (Å²) < 4.78 is 0. The molecule has 0 saturated carbocycles. The molecule has 0 bridgehead atoms. The lowest BCUT2D eigenvalue weighted by atomic mass is 9.90. The highest BCUT2D eigenvalue weighted by Crippen LogP contribution is 2.49. The third-order valence-electron chi connectivity index (χ3n) is 4.33. The highest BCUT2D eigenvalue weighted by molar-refractivity contribution is 6.38. The molecule has 130 valence electrons. The number of benzene rings is 2. The molecule has 1 atom stereocenters. The van der Waals surface area contributed by atoms with Crippen molar-refractivity contribution in [1.29, 1.82) is 0 Å². The second kappa shape index (κ2) is 6.45. The van der Waals surface area contributed by atoms with Gasteiger partial charge in [0.15, 0.2) is 5.60 Å². The molecule has 4 nitrogen and oxygen atoms in total. The number of halogens is 2. The molecule has 1 aliphatic rings. The molecule has 0 radical (unpaired) electrons. The first-order chi connectivity index (χ1) is 11.7. The standard InChI is InChI=1S/C19H17Cl2NO3/c1-11-3-5-13(6-4-11)10-22-17-15(21)8-7-14(20)16(17)19(25,18(22)24)9-12(2)23/h3-8,25H,9-10H2,1-2H3/t19-/m1/s1. The number of Topliss-reactive ketones (excluding diaryl/α,β-unsaturated/α-hetero) is 1. The zero-order valence-electron chi connectivity index (χ0n) is 13.8. The zero-order chi connectivity index (χ0) is 18.4. The Morgan fingerprint density at radius 1 is 1.12 bits per heavy atom. The van der Waals surface area contributed by atoms with Crippen LogP contribution in [0.3, 0.4) is 0 Å². The van der Waals surface area contributed by atoms with E-state index in [1.165, 1.54) is 17.9 Å². The summed E-state index contributed by atoms with van der Waals surface area (Å²) in [4.78, 5) is 26.1. The van der Waals surface area contributed by atoms with Gasteiger partial charge in [-0.3, -0.25) is 9.59 Å². The number of aliphatic hydroxyl groups is 1. The van der Waals surface area contributed by atoms with Gasteiger partial charge in [0, 0.05) is 17.0 Å². The number of anilines is 1. The smallest absolute Gasteiger partial charge is 0.264 e. The van der Waals surface area contributed by atoms with Crippen molar-refractivity contribution in [2.45, 2.75) is 32.4 Å². The molecule has 3 rings (SSSR count). The highest BCUT2D eigenvalue weighted by Gasteiger charge is 2.52. The highest BCUT2D eigenvalue weighted by atomic mass is 35.5. The van der Waals surface area contributed by atoms with Gasteiger partial charge < -0.3 is 10.0 Å². The number of carbonyl (C=O) groups excluding carboxylic acids is 2.